The molecule has 1 aromatic carbocycles. The Balaban J connectivity index is 3.19. The van der Waals surface area contributed by atoms with Gasteiger partial charge < -0.3 is 0 Å². The molecule has 0 atom stereocenters. The van der Waals surface area contributed by atoms with Gasteiger partial charge in [-0.2, -0.15) is 13.2 Å². The van der Waals surface area contributed by atoms with E-state index in [-0.39, 0.29) is 5.46 Å². The van der Waals surface area contributed by atoms with Gasteiger partial charge in [-0.05, 0) is 18.2 Å². The van der Waals surface area contributed by atoms with Crippen molar-refractivity contribution in [1.82, 2.24) is 0 Å². The van der Waals surface area contributed by atoms with E-state index < -0.39 is 17.6 Å². The van der Waals surface area contributed by atoms with Crippen LogP contribution >= 0.6 is 0 Å². The minimum absolute atomic E-state index is 0.0949. The molecule has 0 nitrogen and oxygen atoms in total. The van der Waals surface area contributed by atoms with Crippen LogP contribution in [-0.2, 0) is 6.18 Å². The molecule has 0 aliphatic rings. The third-order valence-corrected chi connectivity index (χ3v) is 1.49. The maximum Gasteiger partial charge on any atom is 0.415 e. The molecule has 0 fully saturated rings. The SMILES string of the molecule is Bc1cc(F)ccc1C(F)(F)F. The highest BCUT2D eigenvalue weighted by Gasteiger charge is 2.31. The lowest BCUT2D eigenvalue weighted by Crippen LogP contribution is -2.19. The summed E-state index contributed by atoms with van der Waals surface area (Å²) in [6, 6.07) is 2.41. The number of halogens is 4. The molecule has 0 heterocycles. The summed E-state index contributed by atoms with van der Waals surface area (Å²) in [7, 11) is 1.23. The monoisotopic (exact) mass is 176 g/mol. The third-order valence-electron chi connectivity index (χ3n) is 1.49. The van der Waals surface area contributed by atoms with Crippen LogP contribution in [0.25, 0.3) is 0 Å². The lowest BCUT2D eigenvalue weighted by atomic mass is 9.90. The van der Waals surface area contributed by atoms with Gasteiger partial charge in [0.15, 0.2) is 0 Å². The zero-order valence-electron chi connectivity index (χ0n) is 6.24. The first-order valence-corrected chi connectivity index (χ1v) is 3.24. The van der Waals surface area contributed by atoms with E-state index in [0.29, 0.717) is 0 Å². The molecule has 0 aromatic heterocycles. The van der Waals surface area contributed by atoms with Crippen molar-refractivity contribution in [2.24, 2.45) is 0 Å². The average Bonchev–Trinajstić information content (AvgIpc) is 1.83. The molecule has 12 heavy (non-hydrogen) atoms. The van der Waals surface area contributed by atoms with Gasteiger partial charge in [-0.15, -0.1) is 0 Å². The zero-order chi connectivity index (χ0) is 9.35. The number of alkyl halides is 3. The maximum atomic E-state index is 12.4. The Morgan fingerprint density at radius 2 is 1.75 bits per heavy atom. The smallest absolute Gasteiger partial charge is 0.207 e. The fraction of sp³-hybridized carbons (Fsp3) is 0.143. The van der Waals surface area contributed by atoms with Crippen molar-refractivity contribution in [3.05, 3.63) is 29.6 Å². The van der Waals surface area contributed by atoms with E-state index in [4.69, 9.17) is 0 Å². The first-order chi connectivity index (χ1) is 5.41. The summed E-state index contributed by atoms with van der Waals surface area (Å²) in [5.74, 6) is -0.652. The van der Waals surface area contributed by atoms with Crippen molar-refractivity contribution in [2.45, 2.75) is 6.18 Å². The van der Waals surface area contributed by atoms with Gasteiger partial charge in [-0.25, -0.2) is 4.39 Å². The van der Waals surface area contributed by atoms with Crippen molar-refractivity contribution in [3.63, 3.8) is 0 Å². The molecule has 0 bridgehead atoms. The van der Waals surface area contributed by atoms with E-state index in [2.05, 4.69) is 0 Å². The Labute approximate surface area is 67.6 Å². The van der Waals surface area contributed by atoms with Crippen LogP contribution in [0, 0.1) is 5.82 Å². The number of rotatable bonds is 0. The largest absolute Gasteiger partial charge is 0.415 e. The normalized spacial score (nSPS) is 11.7. The second kappa shape index (κ2) is 2.81. The van der Waals surface area contributed by atoms with Gasteiger partial charge in [0.25, 0.3) is 0 Å². The van der Waals surface area contributed by atoms with Crippen LogP contribution in [0.5, 0.6) is 0 Å². The second-order valence-electron chi connectivity index (χ2n) is 2.46. The van der Waals surface area contributed by atoms with E-state index >= 15 is 0 Å². The average molecular weight is 176 g/mol. The number of benzene rings is 1. The quantitative estimate of drug-likeness (QED) is 0.410. The molecule has 64 valence electrons. The van der Waals surface area contributed by atoms with Gasteiger partial charge in [0.05, 0.1) is 0 Å². The lowest BCUT2D eigenvalue weighted by Gasteiger charge is -2.09. The Bertz CT molecular complexity index is 292. The van der Waals surface area contributed by atoms with Crippen molar-refractivity contribution >= 4 is 13.3 Å². The minimum Gasteiger partial charge on any atom is -0.207 e. The van der Waals surface area contributed by atoms with Crippen molar-refractivity contribution in [2.75, 3.05) is 0 Å². The predicted molar refractivity (Wildman–Crippen MR) is 39.6 cm³/mol. The predicted octanol–water partition coefficient (Wildman–Crippen LogP) is 1.10. The molecule has 1 aromatic rings. The molecule has 0 spiro atoms. The first kappa shape index (κ1) is 9.10. The van der Waals surface area contributed by atoms with Crippen LogP contribution in [0.4, 0.5) is 17.6 Å². The highest BCUT2D eigenvalue weighted by Crippen LogP contribution is 2.27. The van der Waals surface area contributed by atoms with E-state index in [1.807, 2.05) is 0 Å². The Morgan fingerprint density at radius 3 is 2.17 bits per heavy atom. The van der Waals surface area contributed by atoms with Crippen LogP contribution in [0.15, 0.2) is 18.2 Å². The van der Waals surface area contributed by atoms with E-state index in [0.717, 1.165) is 18.2 Å². The molecule has 0 aliphatic carbocycles. The number of hydrogen-bond donors (Lipinski definition) is 0. The van der Waals surface area contributed by atoms with Crippen LogP contribution in [0.1, 0.15) is 5.56 Å². The topological polar surface area (TPSA) is 0 Å². The van der Waals surface area contributed by atoms with E-state index in [9.17, 15) is 17.6 Å². The second-order valence-corrected chi connectivity index (χ2v) is 2.46. The Hall–Kier alpha value is -0.995. The fourth-order valence-corrected chi connectivity index (χ4v) is 0.945. The Morgan fingerprint density at radius 1 is 1.17 bits per heavy atom. The van der Waals surface area contributed by atoms with Gasteiger partial charge in [0.1, 0.15) is 13.7 Å². The molecule has 5 heteroatoms. The van der Waals surface area contributed by atoms with E-state index in [1.54, 1.807) is 0 Å². The molecule has 0 saturated carbocycles. The Kier molecular flexibility index (Phi) is 2.13. The molecule has 0 aliphatic heterocycles. The van der Waals surface area contributed by atoms with Crippen LogP contribution in [0.2, 0.25) is 0 Å². The molecule has 0 N–H and O–H groups in total. The van der Waals surface area contributed by atoms with Crippen molar-refractivity contribution < 1.29 is 17.6 Å². The van der Waals surface area contributed by atoms with Crippen LogP contribution < -0.4 is 5.46 Å². The molecular weight excluding hydrogens is 171 g/mol. The molecule has 1 rings (SSSR count). The van der Waals surface area contributed by atoms with Crippen LogP contribution in [-0.4, -0.2) is 7.85 Å². The fourth-order valence-electron chi connectivity index (χ4n) is 0.945. The van der Waals surface area contributed by atoms with Gasteiger partial charge >= 0.3 is 6.18 Å². The minimum atomic E-state index is -4.39. The van der Waals surface area contributed by atoms with Crippen molar-refractivity contribution in [3.8, 4) is 0 Å². The summed E-state index contributed by atoms with van der Waals surface area (Å²) in [6.45, 7) is 0. The van der Waals surface area contributed by atoms with Gasteiger partial charge in [0.2, 0.25) is 0 Å². The molecular formula is C7H5BF4. The van der Waals surface area contributed by atoms with Gasteiger partial charge in [-0.3, -0.25) is 0 Å². The van der Waals surface area contributed by atoms with E-state index in [1.165, 1.54) is 7.85 Å². The summed E-state index contributed by atoms with van der Waals surface area (Å²) in [5.41, 5.74) is -0.883. The maximum absolute atomic E-state index is 12.4. The summed E-state index contributed by atoms with van der Waals surface area (Å²) in [5, 5.41) is 0. The highest BCUT2D eigenvalue weighted by molar-refractivity contribution is 6.33. The zero-order valence-corrected chi connectivity index (χ0v) is 6.24. The molecule has 0 amide bonds. The highest BCUT2D eigenvalue weighted by atomic mass is 19.4. The summed E-state index contributed by atoms with van der Waals surface area (Å²) < 4.78 is 48.5. The van der Waals surface area contributed by atoms with Gasteiger partial charge in [0, 0.05) is 5.56 Å². The summed E-state index contributed by atoms with van der Waals surface area (Å²) in [4.78, 5) is 0. The van der Waals surface area contributed by atoms with Gasteiger partial charge in [-0.1, -0.05) is 5.46 Å². The molecule has 0 unspecified atom stereocenters. The summed E-state index contributed by atoms with van der Waals surface area (Å²) in [6.07, 6.45) is -4.39. The summed E-state index contributed by atoms with van der Waals surface area (Å²) >= 11 is 0. The third kappa shape index (κ3) is 1.78. The van der Waals surface area contributed by atoms with Crippen molar-refractivity contribution in [1.29, 1.82) is 0 Å². The first-order valence-electron chi connectivity index (χ1n) is 3.24. The molecule has 0 saturated heterocycles. The molecule has 0 radical (unpaired) electrons. The standard InChI is InChI=1S/C7H5BF4/c8-6-3-4(9)1-2-5(6)7(10,11)12/h1-3H,8H2. The number of hydrogen-bond acceptors (Lipinski definition) is 0. The lowest BCUT2D eigenvalue weighted by molar-refractivity contribution is -0.136. The van der Waals surface area contributed by atoms with Crippen LogP contribution in [0.3, 0.4) is 0 Å².